The Morgan fingerprint density at radius 2 is 2.20 bits per heavy atom. The van der Waals surface area contributed by atoms with E-state index in [1.54, 1.807) is 4.68 Å². The van der Waals surface area contributed by atoms with Crippen molar-refractivity contribution in [3.05, 3.63) is 17.5 Å². The van der Waals surface area contributed by atoms with Crippen molar-refractivity contribution in [2.24, 2.45) is 13.0 Å². The molecule has 1 aromatic rings. The topological polar surface area (TPSA) is 34.9 Å². The summed E-state index contributed by atoms with van der Waals surface area (Å²) in [5, 5.41) is 4.22. The molecule has 3 nitrogen and oxygen atoms in total. The van der Waals surface area contributed by atoms with Crippen LogP contribution in [0.1, 0.15) is 38.1 Å². The minimum atomic E-state index is 0.312. The number of ketones is 1. The molecule has 1 rings (SSSR count). The zero-order valence-corrected chi connectivity index (χ0v) is 10.1. The molecular formula is C12H20N2O. The van der Waals surface area contributed by atoms with Gasteiger partial charge in [-0.15, -0.1) is 0 Å². The van der Waals surface area contributed by atoms with E-state index in [-0.39, 0.29) is 0 Å². The summed E-state index contributed by atoms with van der Waals surface area (Å²) in [6, 6.07) is 1.98. The van der Waals surface area contributed by atoms with E-state index in [1.807, 2.05) is 20.0 Å². The molecule has 0 saturated carbocycles. The molecular weight excluding hydrogens is 188 g/mol. The first-order valence-corrected chi connectivity index (χ1v) is 5.50. The number of hydrogen-bond donors (Lipinski definition) is 0. The number of hydrogen-bond acceptors (Lipinski definition) is 2. The number of carbonyl (C=O) groups is 1. The van der Waals surface area contributed by atoms with E-state index in [4.69, 9.17) is 0 Å². The molecule has 0 fully saturated rings. The molecule has 0 aliphatic heterocycles. The molecule has 0 radical (unpaired) electrons. The van der Waals surface area contributed by atoms with Gasteiger partial charge >= 0.3 is 0 Å². The zero-order valence-electron chi connectivity index (χ0n) is 10.1. The number of nitrogens with zero attached hydrogens (tertiary/aromatic N) is 2. The lowest BCUT2D eigenvalue weighted by atomic mass is 10.0. The molecule has 0 aromatic carbocycles. The van der Waals surface area contributed by atoms with E-state index in [9.17, 15) is 4.79 Å². The third kappa shape index (κ3) is 3.86. The van der Waals surface area contributed by atoms with Gasteiger partial charge in [0.15, 0.2) is 0 Å². The Morgan fingerprint density at radius 3 is 2.67 bits per heavy atom. The first kappa shape index (κ1) is 12.0. The fraction of sp³-hybridized carbons (Fsp3) is 0.667. The summed E-state index contributed by atoms with van der Waals surface area (Å²) < 4.78 is 1.79. The minimum absolute atomic E-state index is 0.312. The van der Waals surface area contributed by atoms with Crippen LogP contribution in [0.5, 0.6) is 0 Å². The summed E-state index contributed by atoms with van der Waals surface area (Å²) >= 11 is 0. The van der Waals surface area contributed by atoms with Crippen molar-refractivity contribution in [1.82, 2.24) is 9.78 Å². The van der Waals surface area contributed by atoms with Gasteiger partial charge in [-0.05, 0) is 25.3 Å². The van der Waals surface area contributed by atoms with Gasteiger partial charge in [0.05, 0.1) is 5.69 Å². The highest BCUT2D eigenvalue weighted by Gasteiger charge is 2.08. The lowest BCUT2D eigenvalue weighted by molar-refractivity contribution is -0.118. The number of Topliss-reactive ketones (excluding diaryl/α,β-unsaturated/α-hetero) is 1. The highest BCUT2D eigenvalue weighted by atomic mass is 16.1. The predicted molar refractivity (Wildman–Crippen MR) is 60.7 cm³/mol. The third-order valence-corrected chi connectivity index (χ3v) is 2.48. The lowest BCUT2D eigenvalue weighted by Gasteiger charge is -2.04. The van der Waals surface area contributed by atoms with Crippen molar-refractivity contribution < 1.29 is 4.79 Å². The Hall–Kier alpha value is -1.12. The van der Waals surface area contributed by atoms with Gasteiger partial charge in [0.1, 0.15) is 5.78 Å². The van der Waals surface area contributed by atoms with E-state index in [1.165, 1.54) is 0 Å². The van der Waals surface area contributed by atoms with Crippen molar-refractivity contribution in [1.29, 1.82) is 0 Å². The van der Waals surface area contributed by atoms with Gasteiger partial charge in [-0.2, -0.15) is 5.10 Å². The van der Waals surface area contributed by atoms with Crippen molar-refractivity contribution >= 4 is 5.78 Å². The largest absolute Gasteiger partial charge is 0.299 e. The summed E-state index contributed by atoms with van der Waals surface area (Å²) in [5.74, 6) is 0.911. The Kier molecular flexibility index (Phi) is 4.06. The van der Waals surface area contributed by atoms with E-state index in [0.29, 0.717) is 24.5 Å². The van der Waals surface area contributed by atoms with Crippen LogP contribution in [0.4, 0.5) is 0 Å². The summed E-state index contributed by atoms with van der Waals surface area (Å²) in [6.07, 6.45) is 2.18. The second kappa shape index (κ2) is 5.10. The molecule has 0 saturated heterocycles. The maximum Gasteiger partial charge on any atom is 0.138 e. The van der Waals surface area contributed by atoms with Crippen LogP contribution in [0, 0.1) is 12.8 Å². The van der Waals surface area contributed by atoms with E-state index < -0.39 is 0 Å². The maximum atomic E-state index is 11.6. The molecule has 0 atom stereocenters. The van der Waals surface area contributed by atoms with Crippen LogP contribution < -0.4 is 0 Å². The highest BCUT2D eigenvalue weighted by Crippen LogP contribution is 2.08. The summed E-state index contributed by atoms with van der Waals surface area (Å²) in [6.45, 7) is 6.23. The fourth-order valence-electron chi connectivity index (χ4n) is 1.57. The van der Waals surface area contributed by atoms with E-state index >= 15 is 0 Å². The Bertz CT molecular complexity index is 339. The van der Waals surface area contributed by atoms with Crippen molar-refractivity contribution in [2.45, 2.75) is 40.0 Å². The molecule has 0 N–H and O–H groups in total. The molecule has 1 heterocycles. The normalized spacial score (nSPS) is 11.0. The first-order chi connectivity index (χ1) is 6.99. The second-order valence-corrected chi connectivity index (χ2v) is 4.55. The van der Waals surface area contributed by atoms with Crippen molar-refractivity contribution in [3.63, 3.8) is 0 Å². The number of carbonyl (C=O) groups excluding carboxylic acids is 1. The zero-order chi connectivity index (χ0) is 11.4. The van der Waals surface area contributed by atoms with Gasteiger partial charge < -0.3 is 0 Å². The fourth-order valence-corrected chi connectivity index (χ4v) is 1.57. The molecule has 0 bridgehead atoms. The van der Waals surface area contributed by atoms with Gasteiger partial charge in [-0.25, -0.2) is 0 Å². The number of aromatic nitrogens is 2. The average Bonchev–Trinajstić information content (AvgIpc) is 2.42. The lowest BCUT2D eigenvalue weighted by Crippen LogP contribution is -2.08. The van der Waals surface area contributed by atoms with Crippen LogP contribution in [0.15, 0.2) is 6.07 Å². The molecule has 3 heteroatoms. The molecule has 0 aliphatic carbocycles. The van der Waals surface area contributed by atoms with E-state index in [2.05, 4.69) is 18.9 Å². The second-order valence-electron chi connectivity index (χ2n) is 4.55. The van der Waals surface area contributed by atoms with Crippen molar-refractivity contribution in [2.75, 3.05) is 0 Å². The van der Waals surface area contributed by atoms with Gasteiger partial charge in [0, 0.05) is 25.6 Å². The van der Waals surface area contributed by atoms with Crippen LogP contribution in [-0.2, 0) is 18.3 Å². The predicted octanol–water partition coefficient (Wildman–Crippen LogP) is 2.28. The average molecular weight is 208 g/mol. The minimum Gasteiger partial charge on any atom is -0.299 e. The Balaban J connectivity index is 2.48. The smallest absolute Gasteiger partial charge is 0.138 e. The van der Waals surface area contributed by atoms with Gasteiger partial charge in [0.25, 0.3) is 0 Å². The van der Waals surface area contributed by atoms with Crippen LogP contribution >= 0.6 is 0 Å². The molecule has 0 amide bonds. The molecule has 0 spiro atoms. The van der Waals surface area contributed by atoms with Crippen LogP contribution in [0.25, 0.3) is 0 Å². The van der Waals surface area contributed by atoms with Crippen LogP contribution in [0.3, 0.4) is 0 Å². The van der Waals surface area contributed by atoms with Gasteiger partial charge in [-0.1, -0.05) is 13.8 Å². The molecule has 15 heavy (non-hydrogen) atoms. The third-order valence-electron chi connectivity index (χ3n) is 2.48. The molecule has 0 aliphatic rings. The Morgan fingerprint density at radius 1 is 1.53 bits per heavy atom. The quantitative estimate of drug-likeness (QED) is 0.744. The first-order valence-electron chi connectivity index (χ1n) is 5.50. The SMILES string of the molecule is Cc1cc(CC(=O)CCC(C)C)n(C)n1. The van der Waals surface area contributed by atoms with E-state index in [0.717, 1.165) is 17.8 Å². The van der Waals surface area contributed by atoms with Crippen molar-refractivity contribution in [3.8, 4) is 0 Å². The number of rotatable bonds is 5. The van der Waals surface area contributed by atoms with Crippen LogP contribution in [0.2, 0.25) is 0 Å². The Labute approximate surface area is 91.5 Å². The monoisotopic (exact) mass is 208 g/mol. The summed E-state index contributed by atoms with van der Waals surface area (Å²) in [5.41, 5.74) is 1.99. The standard InChI is InChI=1S/C12H20N2O/c1-9(2)5-6-12(15)8-11-7-10(3)13-14(11)4/h7,9H,5-6,8H2,1-4H3. The van der Waals surface area contributed by atoms with Crippen LogP contribution in [-0.4, -0.2) is 15.6 Å². The summed E-state index contributed by atoms with van der Waals surface area (Å²) in [4.78, 5) is 11.6. The number of aryl methyl sites for hydroxylation is 2. The van der Waals surface area contributed by atoms with Gasteiger partial charge in [0.2, 0.25) is 0 Å². The van der Waals surface area contributed by atoms with Gasteiger partial charge in [-0.3, -0.25) is 9.48 Å². The molecule has 0 unspecified atom stereocenters. The maximum absolute atomic E-state index is 11.6. The molecule has 84 valence electrons. The summed E-state index contributed by atoms with van der Waals surface area (Å²) in [7, 11) is 1.89. The highest BCUT2D eigenvalue weighted by molar-refractivity contribution is 5.80. The molecule has 1 aromatic heterocycles.